The average molecular weight is 402 g/mol. The summed E-state index contributed by atoms with van der Waals surface area (Å²) in [7, 11) is 0. The Morgan fingerprint density at radius 3 is 2.70 bits per heavy atom. The molecule has 0 saturated carbocycles. The lowest BCUT2D eigenvalue weighted by molar-refractivity contribution is 0.102. The van der Waals surface area contributed by atoms with Crippen molar-refractivity contribution in [3.05, 3.63) is 77.6 Å². The predicted octanol–water partition coefficient (Wildman–Crippen LogP) is 4.95. The number of nitrogens with one attached hydrogen (secondary N) is 1. The number of fused-ring (bicyclic) bond motifs is 1. The van der Waals surface area contributed by atoms with Gasteiger partial charge in [0.1, 0.15) is 11.6 Å². The molecule has 4 aromatic rings. The van der Waals surface area contributed by atoms with Gasteiger partial charge in [0.2, 0.25) is 0 Å². The molecule has 0 radical (unpaired) electrons. The quantitative estimate of drug-likeness (QED) is 0.476. The number of nitrogens with zero attached hydrogens (tertiary/aromatic N) is 4. The average Bonchev–Trinajstić information content (AvgIpc) is 3.29. The fourth-order valence-corrected chi connectivity index (χ4v) is 3.69. The Bertz CT molecular complexity index is 1190. The molecule has 0 aliphatic carbocycles. The Morgan fingerprint density at radius 2 is 1.97 bits per heavy atom. The van der Waals surface area contributed by atoms with Crippen LogP contribution in [0.3, 0.4) is 0 Å². The second-order valence-corrected chi connectivity index (χ2v) is 7.61. The Labute approximate surface area is 176 Å². The normalized spacial score (nSPS) is 11.2. The Morgan fingerprint density at radius 1 is 1.13 bits per heavy atom. The van der Waals surface area contributed by atoms with E-state index in [9.17, 15) is 4.79 Å². The first-order chi connectivity index (χ1) is 14.6. The maximum atomic E-state index is 12.7. The number of benzene rings is 2. The van der Waals surface area contributed by atoms with E-state index in [2.05, 4.69) is 32.4 Å². The highest BCUT2D eigenvalue weighted by Gasteiger charge is 2.14. The number of carbonyl (C=O) groups is 1. The first kappa shape index (κ1) is 19.9. The van der Waals surface area contributed by atoms with Gasteiger partial charge in [0, 0.05) is 30.2 Å². The molecule has 0 saturated heterocycles. The van der Waals surface area contributed by atoms with Gasteiger partial charge < -0.3 is 14.5 Å². The van der Waals surface area contributed by atoms with Crippen LogP contribution in [0.25, 0.3) is 11.0 Å². The van der Waals surface area contributed by atoms with Gasteiger partial charge in [0.15, 0.2) is 0 Å². The van der Waals surface area contributed by atoms with Crippen LogP contribution in [-0.4, -0.2) is 25.0 Å². The summed E-state index contributed by atoms with van der Waals surface area (Å²) in [5.41, 5.74) is 4.37. The van der Waals surface area contributed by atoms with Crippen LogP contribution in [0.5, 0.6) is 0 Å². The van der Waals surface area contributed by atoms with Gasteiger partial charge in [0.05, 0.1) is 17.6 Å². The number of aromatic nitrogens is 4. The van der Waals surface area contributed by atoms with E-state index in [0.29, 0.717) is 12.1 Å². The Balaban J connectivity index is 1.66. The predicted molar refractivity (Wildman–Crippen MR) is 120 cm³/mol. The number of amides is 1. The zero-order chi connectivity index (χ0) is 21.1. The molecule has 1 N–H and O–H groups in total. The van der Waals surface area contributed by atoms with E-state index in [-0.39, 0.29) is 5.91 Å². The highest BCUT2D eigenvalue weighted by atomic mass is 16.1. The number of hydrogen-bond acceptors (Lipinski definition) is 3. The van der Waals surface area contributed by atoms with Crippen LogP contribution in [0, 0.1) is 13.8 Å². The third kappa shape index (κ3) is 3.99. The third-order valence-corrected chi connectivity index (χ3v) is 5.45. The second kappa shape index (κ2) is 8.53. The van der Waals surface area contributed by atoms with Gasteiger partial charge in [-0.05, 0) is 50.1 Å². The summed E-state index contributed by atoms with van der Waals surface area (Å²) in [6.07, 6.45) is 6.00. The molecular weight excluding hydrogens is 374 g/mol. The van der Waals surface area contributed by atoms with Crippen molar-refractivity contribution in [1.82, 2.24) is 19.1 Å². The number of rotatable bonds is 7. The van der Waals surface area contributed by atoms with E-state index in [0.717, 1.165) is 53.3 Å². The molecule has 2 aromatic carbocycles. The number of unbranched alkanes of at least 4 members (excludes halogenated alkanes) is 1. The molecule has 4 rings (SSSR count). The lowest BCUT2D eigenvalue weighted by Gasteiger charge is -2.10. The zero-order valence-corrected chi connectivity index (χ0v) is 17.7. The van der Waals surface area contributed by atoms with E-state index in [1.54, 1.807) is 0 Å². The smallest absolute Gasteiger partial charge is 0.255 e. The number of imidazole rings is 2. The third-order valence-electron chi connectivity index (χ3n) is 5.45. The summed E-state index contributed by atoms with van der Waals surface area (Å²) in [5, 5.41) is 3.01. The van der Waals surface area contributed by atoms with Crippen LogP contribution in [-0.2, 0) is 13.1 Å². The molecule has 30 heavy (non-hydrogen) atoms. The molecule has 6 nitrogen and oxygen atoms in total. The second-order valence-electron chi connectivity index (χ2n) is 7.61. The van der Waals surface area contributed by atoms with E-state index in [4.69, 9.17) is 4.98 Å². The zero-order valence-electron chi connectivity index (χ0n) is 17.7. The van der Waals surface area contributed by atoms with Crippen molar-refractivity contribution in [3.8, 4) is 0 Å². The summed E-state index contributed by atoms with van der Waals surface area (Å²) in [6, 6.07) is 13.6. The van der Waals surface area contributed by atoms with Crippen LogP contribution in [0.15, 0.2) is 54.9 Å². The summed E-state index contributed by atoms with van der Waals surface area (Å²) < 4.78 is 4.38. The number of anilines is 1. The van der Waals surface area contributed by atoms with Crippen LogP contribution >= 0.6 is 0 Å². The van der Waals surface area contributed by atoms with Crippen LogP contribution < -0.4 is 5.32 Å². The molecule has 2 aromatic heterocycles. The standard InChI is InChI=1S/C24H27N5O/c1-4-5-13-29-22-11-10-19(26-24(30)20-9-7-6-8-17(20)2)15-21(22)27-23(29)16-28-14-12-25-18(28)3/h6-12,14-15H,4-5,13,16H2,1-3H3,(H,26,30). The van der Waals surface area contributed by atoms with Crippen LogP contribution in [0.1, 0.15) is 47.3 Å². The summed E-state index contributed by atoms with van der Waals surface area (Å²) in [5.74, 6) is 1.87. The van der Waals surface area contributed by atoms with Gasteiger partial charge >= 0.3 is 0 Å². The van der Waals surface area contributed by atoms with Crippen molar-refractivity contribution in [2.24, 2.45) is 0 Å². The van der Waals surface area contributed by atoms with E-state index in [1.165, 1.54) is 0 Å². The van der Waals surface area contributed by atoms with E-state index in [1.807, 2.05) is 62.6 Å². The minimum Gasteiger partial charge on any atom is -0.328 e. The van der Waals surface area contributed by atoms with Crippen molar-refractivity contribution < 1.29 is 4.79 Å². The fraction of sp³-hybridized carbons (Fsp3) is 0.292. The van der Waals surface area contributed by atoms with E-state index < -0.39 is 0 Å². The number of hydrogen-bond donors (Lipinski definition) is 1. The molecule has 0 unspecified atom stereocenters. The van der Waals surface area contributed by atoms with Crippen molar-refractivity contribution >= 4 is 22.6 Å². The first-order valence-electron chi connectivity index (χ1n) is 10.4. The minimum atomic E-state index is -0.105. The minimum absolute atomic E-state index is 0.105. The SMILES string of the molecule is CCCCn1c(Cn2ccnc2C)nc2cc(NC(=O)c3ccccc3C)ccc21. The summed E-state index contributed by atoms with van der Waals surface area (Å²) in [6.45, 7) is 7.73. The highest BCUT2D eigenvalue weighted by molar-refractivity contribution is 6.05. The van der Waals surface area contributed by atoms with Gasteiger partial charge in [-0.1, -0.05) is 31.5 Å². The number of carbonyl (C=O) groups excluding carboxylic acids is 1. The summed E-state index contributed by atoms with van der Waals surface area (Å²) >= 11 is 0. The van der Waals surface area contributed by atoms with Crippen molar-refractivity contribution in [2.75, 3.05) is 5.32 Å². The van der Waals surface area contributed by atoms with Gasteiger partial charge in [-0.25, -0.2) is 9.97 Å². The molecule has 0 aliphatic rings. The van der Waals surface area contributed by atoms with Crippen molar-refractivity contribution in [1.29, 1.82) is 0 Å². The van der Waals surface area contributed by atoms with Crippen molar-refractivity contribution in [3.63, 3.8) is 0 Å². The van der Waals surface area contributed by atoms with Crippen LogP contribution in [0.2, 0.25) is 0 Å². The molecule has 0 bridgehead atoms. The largest absolute Gasteiger partial charge is 0.328 e. The number of aryl methyl sites for hydroxylation is 3. The molecule has 6 heteroatoms. The first-order valence-corrected chi connectivity index (χ1v) is 10.4. The van der Waals surface area contributed by atoms with Crippen molar-refractivity contribution in [2.45, 2.75) is 46.7 Å². The molecule has 2 heterocycles. The molecule has 0 atom stereocenters. The van der Waals surface area contributed by atoms with Gasteiger partial charge in [0.25, 0.3) is 5.91 Å². The summed E-state index contributed by atoms with van der Waals surface area (Å²) in [4.78, 5) is 21.9. The lowest BCUT2D eigenvalue weighted by Crippen LogP contribution is -2.13. The highest BCUT2D eigenvalue weighted by Crippen LogP contribution is 2.23. The Kier molecular flexibility index (Phi) is 5.65. The maximum Gasteiger partial charge on any atom is 0.255 e. The molecule has 0 aliphatic heterocycles. The maximum absolute atomic E-state index is 12.7. The van der Waals surface area contributed by atoms with Gasteiger partial charge in [-0.2, -0.15) is 0 Å². The van der Waals surface area contributed by atoms with E-state index >= 15 is 0 Å². The lowest BCUT2D eigenvalue weighted by atomic mass is 10.1. The fourth-order valence-electron chi connectivity index (χ4n) is 3.69. The Hall–Kier alpha value is -3.41. The topological polar surface area (TPSA) is 64.7 Å². The van der Waals surface area contributed by atoms with Gasteiger partial charge in [-0.3, -0.25) is 4.79 Å². The van der Waals surface area contributed by atoms with Gasteiger partial charge in [-0.15, -0.1) is 0 Å². The molecule has 154 valence electrons. The molecule has 0 fully saturated rings. The molecular formula is C24H27N5O. The molecule has 1 amide bonds. The van der Waals surface area contributed by atoms with Crippen LogP contribution in [0.4, 0.5) is 5.69 Å². The monoisotopic (exact) mass is 401 g/mol. The molecule has 0 spiro atoms.